The van der Waals surface area contributed by atoms with E-state index in [0.29, 0.717) is 58.3 Å². The summed E-state index contributed by atoms with van der Waals surface area (Å²) in [6, 6.07) is 12.7. The number of aliphatic hydroxyl groups is 1. The number of fused-ring (bicyclic) bond motifs is 7. The number of Topliss-reactive ketones (excluding diaryl/α,β-unsaturated/α-hetero) is 1. The van der Waals surface area contributed by atoms with Crippen molar-refractivity contribution in [1.29, 1.82) is 0 Å². The highest BCUT2D eigenvalue weighted by Crippen LogP contribution is 2.61. The van der Waals surface area contributed by atoms with Gasteiger partial charge in [-0.25, -0.2) is 0 Å². The van der Waals surface area contributed by atoms with E-state index in [4.69, 9.17) is 18.9 Å². The molecular formula is C45H54O9. The summed E-state index contributed by atoms with van der Waals surface area (Å²) in [5.74, 6) is 3.60. The van der Waals surface area contributed by atoms with E-state index < -0.39 is 17.3 Å². The summed E-state index contributed by atoms with van der Waals surface area (Å²) in [7, 11) is 1.56. The van der Waals surface area contributed by atoms with E-state index in [2.05, 4.69) is 13.0 Å². The van der Waals surface area contributed by atoms with Gasteiger partial charge in [-0.2, -0.15) is 0 Å². The van der Waals surface area contributed by atoms with Crippen LogP contribution in [0, 0.1) is 17.3 Å². The molecule has 9 heteroatoms. The number of phenolic OH excluding ortho intramolecular Hbond substituents is 2. The van der Waals surface area contributed by atoms with Gasteiger partial charge >= 0.3 is 5.97 Å². The van der Waals surface area contributed by atoms with E-state index in [9.17, 15) is 24.9 Å². The minimum atomic E-state index is -0.758. The number of aromatic hydroxyl groups is 2. The van der Waals surface area contributed by atoms with Crippen molar-refractivity contribution in [2.45, 2.75) is 122 Å². The largest absolute Gasteiger partial charge is 0.508 e. The number of methoxy groups -OCH3 is 1. The number of ketones is 1. The van der Waals surface area contributed by atoms with Crippen molar-refractivity contribution < 1.29 is 43.9 Å². The Morgan fingerprint density at radius 2 is 1.69 bits per heavy atom. The number of carbonyl (C=O) groups is 2. The van der Waals surface area contributed by atoms with Gasteiger partial charge in [-0.3, -0.25) is 9.59 Å². The molecule has 3 aromatic carbocycles. The Labute approximate surface area is 318 Å². The lowest BCUT2D eigenvalue weighted by molar-refractivity contribution is -0.154. The number of rotatable bonds is 5. The van der Waals surface area contributed by atoms with Crippen molar-refractivity contribution in [3.63, 3.8) is 0 Å². The molecular weight excluding hydrogens is 684 g/mol. The van der Waals surface area contributed by atoms with Crippen LogP contribution in [0.15, 0.2) is 48.5 Å². The van der Waals surface area contributed by atoms with Crippen molar-refractivity contribution in [2.24, 2.45) is 17.3 Å². The monoisotopic (exact) mass is 738 g/mol. The summed E-state index contributed by atoms with van der Waals surface area (Å²) >= 11 is 0. The highest BCUT2D eigenvalue weighted by Gasteiger charge is 2.56. The molecule has 6 unspecified atom stereocenters. The summed E-state index contributed by atoms with van der Waals surface area (Å²) in [6.45, 7) is 11.4. The summed E-state index contributed by atoms with van der Waals surface area (Å²) in [5.41, 5.74) is 4.17. The van der Waals surface area contributed by atoms with Crippen LogP contribution in [-0.4, -0.2) is 57.6 Å². The minimum absolute atomic E-state index is 0.0505. The fraction of sp³-hybridized carbons (Fsp3) is 0.511. The first kappa shape index (κ1) is 37.8. The van der Waals surface area contributed by atoms with E-state index in [-0.39, 0.29) is 41.0 Å². The van der Waals surface area contributed by atoms with Gasteiger partial charge in [-0.05, 0) is 137 Å². The molecule has 3 aromatic rings. The Kier molecular flexibility index (Phi) is 9.78. The summed E-state index contributed by atoms with van der Waals surface area (Å²) in [5, 5.41) is 30.6. The van der Waals surface area contributed by atoms with Gasteiger partial charge in [0.1, 0.15) is 46.1 Å². The topological polar surface area (TPSA) is 132 Å². The van der Waals surface area contributed by atoms with Gasteiger partial charge in [0, 0.05) is 36.8 Å². The molecule has 0 bridgehead atoms. The molecule has 0 saturated heterocycles. The standard InChI is InChI=1S/C25H28O6.C20H26O3/c1-24(2)9-8-16-20(30-24)7-6-14(23(16)29-5)11-18(26)17-10-15-12-22(28)25(3,4)31-21(15)13-19(17)27;1-12(21)23-19-8-7-18-17-5-3-13-11-14(22)4-6-15(13)16(17)9-10-20(18,19)2/h6-10,13,22,27-28H,11-12H2,1-5H3;4,6,11,16-19,22H,3,5,7-10H2,1-2H3. The Morgan fingerprint density at radius 1 is 0.907 bits per heavy atom. The zero-order valence-electron chi connectivity index (χ0n) is 32.5. The number of carbonyl (C=O) groups excluding carboxylic acids is 2. The maximum Gasteiger partial charge on any atom is 0.302 e. The highest BCUT2D eigenvalue weighted by atomic mass is 16.5. The normalized spacial score (nSPS) is 27.9. The molecule has 9 nitrogen and oxygen atoms in total. The highest BCUT2D eigenvalue weighted by molar-refractivity contribution is 6.01. The molecule has 5 aliphatic rings. The third kappa shape index (κ3) is 6.96. The Balaban J connectivity index is 0.000000174. The van der Waals surface area contributed by atoms with Crippen LogP contribution in [0.1, 0.15) is 118 Å². The van der Waals surface area contributed by atoms with Crippen LogP contribution in [0.5, 0.6) is 28.7 Å². The second-order valence-corrected chi connectivity index (χ2v) is 17.2. The molecule has 0 aromatic heterocycles. The molecule has 54 heavy (non-hydrogen) atoms. The number of ether oxygens (including phenoxy) is 4. The second-order valence-electron chi connectivity index (χ2n) is 17.2. The van der Waals surface area contributed by atoms with E-state index >= 15 is 0 Å². The first-order valence-electron chi connectivity index (χ1n) is 19.3. The van der Waals surface area contributed by atoms with Crippen molar-refractivity contribution in [3.05, 3.63) is 81.9 Å². The van der Waals surface area contributed by atoms with E-state index in [1.807, 2.05) is 50.3 Å². The zero-order chi connectivity index (χ0) is 38.7. The van der Waals surface area contributed by atoms with E-state index in [1.54, 1.807) is 27.0 Å². The van der Waals surface area contributed by atoms with Crippen LogP contribution in [0.2, 0.25) is 0 Å². The van der Waals surface area contributed by atoms with Gasteiger partial charge in [0.2, 0.25) is 0 Å². The van der Waals surface area contributed by atoms with Crippen LogP contribution >= 0.6 is 0 Å². The van der Waals surface area contributed by atoms with Crippen molar-refractivity contribution in [2.75, 3.05) is 7.11 Å². The number of hydrogen-bond acceptors (Lipinski definition) is 9. The minimum Gasteiger partial charge on any atom is -0.508 e. The molecule has 8 rings (SSSR count). The first-order valence-corrected chi connectivity index (χ1v) is 19.3. The molecule has 2 fully saturated rings. The number of aryl methyl sites for hydroxylation is 1. The fourth-order valence-electron chi connectivity index (χ4n) is 9.94. The molecule has 6 atom stereocenters. The SMILES string of the molecule is CC(=O)OC1CCC2C3CCc4cc(O)ccc4C3CCC12C.COc1c(CC(=O)c2cc3c(cc2O)OC(C)(C)C(O)C3)ccc2c1C=CC(C)(C)O2. The lowest BCUT2D eigenvalue weighted by Gasteiger charge is -2.50. The van der Waals surface area contributed by atoms with Gasteiger partial charge < -0.3 is 34.3 Å². The molecule has 3 N–H and O–H groups in total. The Hall–Kier alpha value is -4.50. The van der Waals surface area contributed by atoms with Gasteiger partial charge in [0.15, 0.2) is 5.78 Å². The van der Waals surface area contributed by atoms with Crippen molar-refractivity contribution in [3.8, 4) is 28.7 Å². The molecule has 288 valence electrons. The van der Waals surface area contributed by atoms with Crippen LogP contribution in [0.4, 0.5) is 0 Å². The van der Waals surface area contributed by atoms with Crippen LogP contribution in [0.3, 0.4) is 0 Å². The molecule has 3 aliphatic carbocycles. The van der Waals surface area contributed by atoms with E-state index in [0.717, 1.165) is 24.8 Å². The smallest absolute Gasteiger partial charge is 0.302 e. The van der Waals surface area contributed by atoms with Gasteiger partial charge in [0.05, 0.1) is 24.3 Å². The average molecular weight is 739 g/mol. The molecule has 0 amide bonds. The molecule has 0 spiro atoms. The van der Waals surface area contributed by atoms with Crippen LogP contribution < -0.4 is 14.2 Å². The second kappa shape index (κ2) is 14.0. The van der Waals surface area contributed by atoms with Crippen LogP contribution in [-0.2, 0) is 28.8 Å². The van der Waals surface area contributed by atoms with Gasteiger partial charge in [-0.15, -0.1) is 0 Å². The summed E-state index contributed by atoms with van der Waals surface area (Å²) < 4.78 is 23.1. The zero-order valence-corrected chi connectivity index (χ0v) is 32.5. The summed E-state index contributed by atoms with van der Waals surface area (Å²) in [4.78, 5) is 24.5. The van der Waals surface area contributed by atoms with Gasteiger partial charge in [0.25, 0.3) is 0 Å². The predicted molar refractivity (Wildman–Crippen MR) is 206 cm³/mol. The number of aliphatic hydroxyl groups excluding tert-OH is 1. The quantitative estimate of drug-likeness (QED) is 0.175. The molecule has 2 saturated carbocycles. The molecule has 0 radical (unpaired) electrons. The third-order valence-electron chi connectivity index (χ3n) is 12.8. The Bertz CT molecular complexity index is 1990. The first-order chi connectivity index (χ1) is 25.5. The number of phenols is 2. The number of benzene rings is 3. The predicted octanol–water partition coefficient (Wildman–Crippen LogP) is 8.26. The molecule has 2 heterocycles. The molecule has 2 aliphatic heterocycles. The van der Waals surface area contributed by atoms with Crippen molar-refractivity contribution >= 4 is 17.8 Å². The average Bonchev–Trinajstić information content (AvgIpc) is 3.43. The maximum absolute atomic E-state index is 13.1. The summed E-state index contributed by atoms with van der Waals surface area (Å²) in [6.07, 6.45) is 10.5. The number of hydrogen-bond donors (Lipinski definition) is 3. The van der Waals surface area contributed by atoms with Crippen LogP contribution in [0.25, 0.3) is 6.08 Å². The lowest BCUT2D eigenvalue weighted by atomic mass is 9.55. The van der Waals surface area contributed by atoms with E-state index in [1.165, 1.54) is 43.4 Å². The fourth-order valence-corrected chi connectivity index (χ4v) is 9.94. The van der Waals surface area contributed by atoms with Gasteiger partial charge in [-0.1, -0.05) is 19.1 Å². The number of esters is 1. The third-order valence-corrected chi connectivity index (χ3v) is 12.8. The van der Waals surface area contributed by atoms with Crippen molar-refractivity contribution in [1.82, 2.24) is 0 Å². The maximum atomic E-state index is 13.1. The lowest BCUT2D eigenvalue weighted by Crippen LogP contribution is -2.46. The Morgan fingerprint density at radius 3 is 2.43 bits per heavy atom.